The Bertz CT molecular complexity index is 1010. The van der Waals surface area contributed by atoms with E-state index in [1.165, 1.54) is 23.5 Å². The molecule has 2 heterocycles. The summed E-state index contributed by atoms with van der Waals surface area (Å²) in [5.41, 5.74) is 7.64. The number of hydrogen-bond donors (Lipinski definition) is 2. The molecule has 3 N–H and O–H groups in total. The number of benzene rings is 1. The molecule has 1 aromatic heterocycles. The molecule has 9 heteroatoms. The number of carbonyl (C=O) groups excluding carboxylic acids is 2. The van der Waals surface area contributed by atoms with Crippen LogP contribution in [0.5, 0.6) is 0 Å². The van der Waals surface area contributed by atoms with Crippen molar-refractivity contribution in [2.75, 3.05) is 24.2 Å². The van der Waals surface area contributed by atoms with Gasteiger partial charge in [0.25, 0.3) is 5.91 Å². The van der Waals surface area contributed by atoms with E-state index in [4.69, 9.17) is 5.73 Å². The van der Waals surface area contributed by atoms with Gasteiger partial charge in [0.05, 0.1) is 10.5 Å². The molecule has 1 aromatic carbocycles. The third kappa shape index (κ3) is 4.26. The van der Waals surface area contributed by atoms with Crippen molar-refractivity contribution < 1.29 is 18.0 Å². The van der Waals surface area contributed by atoms with Crippen LogP contribution >= 0.6 is 11.3 Å². The van der Waals surface area contributed by atoms with Crippen LogP contribution in [0.2, 0.25) is 0 Å². The Morgan fingerprint density at radius 1 is 1.25 bits per heavy atom. The molecule has 150 valence electrons. The van der Waals surface area contributed by atoms with Crippen LogP contribution in [0.3, 0.4) is 0 Å². The number of anilines is 1. The molecule has 1 aliphatic rings. The minimum atomic E-state index is -3.78. The molecule has 0 fully saturated rings. The van der Waals surface area contributed by atoms with Crippen LogP contribution in [0.4, 0.5) is 5.00 Å². The summed E-state index contributed by atoms with van der Waals surface area (Å²) in [5.74, 6) is -1.99. The third-order valence-electron chi connectivity index (χ3n) is 4.78. The summed E-state index contributed by atoms with van der Waals surface area (Å²) < 4.78 is 25.0. The molecule has 3 rings (SSSR count). The van der Waals surface area contributed by atoms with Gasteiger partial charge >= 0.3 is 0 Å². The summed E-state index contributed by atoms with van der Waals surface area (Å²) in [6.45, 7) is 6.31. The minimum Gasteiger partial charge on any atom is -0.365 e. The standard InChI is InChI=1S/C19H23N3O4S2/c1-3-22-9-8-14-15(10-22)27-19(17(14)18(20)24)21-16(23)11-28(25,26)13-6-4-12(2)5-7-13/h4-7H,3,8-11H2,1-2H3,(H2,20,24)(H,21,23). The number of carbonyl (C=O) groups is 2. The Kier molecular flexibility index (Phi) is 5.87. The average Bonchev–Trinajstić information content (AvgIpc) is 2.98. The van der Waals surface area contributed by atoms with Crippen LogP contribution in [0, 0.1) is 6.92 Å². The highest BCUT2D eigenvalue weighted by molar-refractivity contribution is 7.92. The van der Waals surface area contributed by atoms with E-state index < -0.39 is 27.4 Å². The van der Waals surface area contributed by atoms with Crippen molar-refractivity contribution in [1.82, 2.24) is 4.90 Å². The van der Waals surface area contributed by atoms with E-state index in [1.807, 2.05) is 6.92 Å². The first kappa shape index (κ1) is 20.5. The topological polar surface area (TPSA) is 110 Å². The zero-order valence-corrected chi connectivity index (χ0v) is 17.5. The van der Waals surface area contributed by atoms with Crippen LogP contribution in [-0.4, -0.2) is 44.0 Å². The second-order valence-corrected chi connectivity index (χ2v) is 9.91. The number of nitrogens with one attached hydrogen (secondary N) is 1. The van der Waals surface area contributed by atoms with Crippen LogP contribution < -0.4 is 11.1 Å². The molecule has 28 heavy (non-hydrogen) atoms. The number of likely N-dealkylation sites (N-methyl/N-ethyl adjacent to an activating group) is 1. The van der Waals surface area contributed by atoms with Crippen molar-refractivity contribution in [3.05, 3.63) is 45.8 Å². The first-order chi connectivity index (χ1) is 13.2. The summed E-state index contributed by atoms with van der Waals surface area (Å²) in [6, 6.07) is 6.33. The maximum Gasteiger partial charge on any atom is 0.251 e. The van der Waals surface area contributed by atoms with E-state index in [0.717, 1.165) is 29.1 Å². The maximum absolute atomic E-state index is 12.5. The maximum atomic E-state index is 12.5. The predicted octanol–water partition coefficient (Wildman–Crippen LogP) is 1.95. The van der Waals surface area contributed by atoms with Crippen molar-refractivity contribution in [1.29, 1.82) is 0 Å². The van der Waals surface area contributed by atoms with E-state index in [9.17, 15) is 18.0 Å². The summed E-state index contributed by atoms with van der Waals surface area (Å²) in [4.78, 5) is 27.7. The molecular weight excluding hydrogens is 398 g/mol. The van der Waals surface area contributed by atoms with Gasteiger partial charge < -0.3 is 11.1 Å². The van der Waals surface area contributed by atoms with E-state index in [1.54, 1.807) is 12.1 Å². The lowest BCUT2D eigenvalue weighted by Gasteiger charge is -2.25. The van der Waals surface area contributed by atoms with Gasteiger partial charge in [0, 0.05) is 18.0 Å². The van der Waals surface area contributed by atoms with Crippen molar-refractivity contribution in [3.8, 4) is 0 Å². The minimum absolute atomic E-state index is 0.0902. The smallest absolute Gasteiger partial charge is 0.251 e. The number of amides is 2. The summed E-state index contributed by atoms with van der Waals surface area (Å²) in [7, 11) is -3.78. The normalized spacial score (nSPS) is 14.5. The highest BCUT2D eigenvalue weighted by Crippen LogP contribution is 2.36. The van der Waals surface area contributed by atoms with E-state index in [2.05, 4.69) is 17.1 Å². The Balaban J connectivity index is 1.81. The largest absolute Gasteiger partial charge is 0.365 e. The molecule has 0 atom stereocenters. The number of aryl methyl sites for hydroxylation is 1. The number of primary amides is 1. The van der Waals surface area contributed by atoms with Gasteiger partial charge in [-0.15, -0.1) is 11.3 Å². The molecule has 1 aliphatic heterocycles. The lowest BCUT2D eigenvalue weighted by molar-refractivity contribution is -0.113. The van der Waals surface area contributed by atoms with E-state index in [-0.39, 0.29) is 4.90 Å². The highest BCUT2D eigenvalue weighted by Gasteiger charge is 2.28. The van der Waals surface area contributed by atoms with Crippen molar-refractivity contribution in [3.63, 3.8) is 0 Å². The fraction of sp³-hybridized carbons (Fsp3) is 0.368. The molecule has 7 nitrogen and oxygen atoms in total. The Labute approximate surface area is 168 Å². The second kappa shape index (κ2) is 8.02. The lowest BCUT2D eigenvalue weighted by Crippen LogP contribution is -2.30. The fourth-order valence-corrected chi connectivity index (χ4v) is 5.69. The van der Waals surface area contributed by atoms with Gasteiger partial charge in [-0.1, -0.05) is 24.6 Å². The molecule has 0 saturated heterocycles. The first-order valence-electron chi connectivity index (χ1n) is 8.97. The molecule has 2 amide bonds. The van der Waals surface area contributed by atoms with Crippen molar-refractivity contribution in [2.24, 2.45) is 5.73 Å². The Morgan fingerprint density at radius 3 is 2.54 bits per heavy atom. The summed E-state index contributed by atoms with van der Waals surface area (Å²) in [6.07, 6.45) is 0.676. The van der Waals surface area contributed by atoms with Crippen LogP contribution in [0.25, 0.3) is 0 Å². The van der Waals surface area contributed by atoms with Gasteiger partial charge in [-0.2, -0.15) is 0 Å². The molecule has 0 bridgehead atoms. The third-order valence-corrected chi connectivity index (χ3v) is 7.55. The monoisotopic (exact) mass is 421 g/mol. The number of rotatable bonds is 6. The first-order valence-corrected chi connectivity index (χ1v) is 11.4. The van der Waals surface area contributed by atoms with E-state index >= 15 is 0 Å². The van der Waals surface area contributed by atoms with Gasteiger partial charge in [0.15, 0.2) is 9.84 Å². The predicted molar refractivity (Wildman–Crippen MR) is 109 cm³/mol. The SMILES string of the molecule is CCN1CCc2c(sc(NC(=O)CS(=O)(=O)c3ccc(C)cc3)c2C(N)=O)C1. The Hall–Kier alpha value is -2.23. The number of thiophene rings is 1. The van der Waals surface area contributed by atoms with Gasteiger partial charge in [-0.25, -0.2) is 8.42 Å². The number of fused-ring (bicyclic) bond motifs is 1. The Morgan fingerprint density at radius 2 is 1.93 bits per heavy atom. The molecule has 0 spiro atoms. The zero-order valence-electron chi connectivity index (χ0n) is 15.8. The van der Waals surface area contributed by atoms with Crippen molar-refractivity contribution in [2.45, 2.75) is 31.7 Å². The molecule has 0 saturated carbocycles. The van der Waals surface area contributed by atoms with Crippen LogP contribution in [-0.2, 0) is 27.6 Å². The summed E-state index contributed by atoms with van der Waals surface area (Å²) >= 11 is 1.29. The van der Waals surface area contributed by atoms with E-state index in [0.29, 0.717) is 23.5 Å². The van der Waals surface area contributed by atoms with Gasteiger partial charge in [0.2, 0.25) is 5.91 Å². The highest BCUT2D eigenvalue weighted by atomic mass is 32.2. The number of nitrogens with two attached hydrogens (primary N) is 1. The van der Waals surface area contributed by atoms with Crippen LogP contribution in [0.15, 0.2) is 29.2 Å². The van der Waals surface area contributed by atoms with Crippen LogP contribution in [0.1, 0.15) is 33.3 Å². The van der Waals surface area contributed by atoms with Gasteiger partial charge in [0.1, 0.15) is 10.8 Å². The van der Waals surface area contributed by atoms with Crippen molar-refractivity contribution >= 4 is 38.0 Å². The van der Waals surface area contributed by atoms with Gasteiger partial charge in [-0.3, -0.25) is 14.5 Å². The fourth-order valence-electron chi connectivity index (χ4n) is 3.24. The number of hydrogen-bond acceptors (Lipinski definition) is 6. The number of nitrogens with zero attached hydrogens (tertiary/aromatic N) is 1. The molecular formula is C19H23N3O4S2. The summed E-state index contributed by atoms with van der Waals surface area (Å²) in [5, 5.41) is 2.93. The quantitative estimate of drug-likeness (QED) is 0.741. The molecule has 0 radical (unpaired) electrons. The van der Waals surface area contributed by atoms with Gasteiger partial charge in [-0.05, 0) is 37.6 Å². The number of sulfone groups is 1. The molecule has 2 aromatic rings. The average molecular weight is 422 g/mol. The molecule has 0 unspecified atom stereocenters. The lowest BCUT2D eigenvalue weighted by atomic mass is 10.0. The molecule has 0 aliphatic carbocycles. The zero-order chi connectivity index (χ0) is 20.5. The second-order valence-electron chi connectivity index (χ2n) is 6.81.